The molecule has 26 heavy (non-hydrogen) atoms. The minimum atomic E-state index is 0.0343. The van der Waals surface area contributed by atoms with E-state index in [1.54, 1.807) is 0 Å². The van der Waals surface area contributed by atoms with Crippen molar-refractivity contribution in [1.29, 1.82) is 0 Å². The molecule has 0 unspecified atom stereocenters. The van der Waals surface area contributed by atoms with Crippen molar-refractivity contribution in [3.63, 3.8) is 0 Å². The molecule has 0 bridgehead atoms. The van der Waals surface area contributed by atoms with Gasteiger partial charge < -0.3 is 15.5 Å². The van der Waals surface area contributed by atoms with Gasteiger partial charge in [-0.3, -0.25) is 4.79 Å². The number of hydrogen-bond acceptors (Lipinski definition) is 3. The number of amides is 1. The fourth-order valence-corrected chi connectivity index (χ4v) is 3.50. The first-order valence-corrected chi connectivity index (χ1v) is 9.63. The number of hydrogen-bond donors (Lipinski definition) is 2. The zero-order valence-electron chi connectivity index (χ0n) is 15.6. The molecule has 3 rings (SSSR count). The van der Waals surface area contributed by atoms with Crippen LogP contribution in [0.5, 0.6) is 0 Å². The Morgan fingerprint density at radius 3 is 2.54 bits per heavy atom. The highest BCUT2D eigenvalue weighted by molar-refractivity contribution is 5.82. The van der Waals surface area contributed by atoms with Gasteiger partial charge in [0.15, 0.2) is 0 Å². The number of rotatable bonds is 7. The van der Waals surface area contributed by atoms with Crippen molar-refractivity contribution >= 4 is 17.3 Å². The predicted octanol–water partition coefficient (Wildman–Crippen LogP) is 3.76. The zero-order valence-corrected chi connectivity index (χ0v) is 15.6. The van der Waals surface area contributed by atoms with Crippen molar-refractivity contribution in [1.82, 2.24) is 5.32 Å². The average molecular weight is 351 g/mol. The Morgan fingerprint density at radius 2 is 1.73 bits per heavy atom. The van der Waals surface area contributed by atoms with Gasteiger partial charge in [0.05, 0.1) is 17.9 Å². The number of carbonyl (C=O) groups is 1. The van der Waals surface area contributed by atoms with E-state index < -0.39 is 0 Å². The minimum absolute atomic E-state index is 0.0343. The number of benzene rings is 2. The Bertz CT molecular complexity index is 723. The molecule has 1 saturated heterocycles. The van der Waals surface area contributed by atoms with Crippen LogP contribution < -0.4 is 15.5 Å². The molecule has 1 aliphatic rings. The zero-order chi connectivity index (χ0) is 18.2. The van der Waals surface area contributed by atoms with Crippen LogP contribution in [-0.2, 0) is 11.2 Å². The lowest BCUT2D eigenvalue weighted by atomic mass is 10.1. The van der Waals surface area contributed by atoms with Crippen molar-refractivity contribution in [2.24, 2.45) is 0 Å². The second-order valence-electron chi connectivity index (χ2n) is 6.94. The van der Waals surface area contributed by atoms with Gasteiger partial charge in [0.1, 0.15) is 0 Å². The van der Waals surface area contributed by atoms with Gasteiger partial charge in [0.2, 0.25) is 5.91 Å². The Balaban J connectivity index is 1.48. The number of nitrogens with one attached hydrogen (secondary N) is 2. The Morgan fingerprint density at radius 1 is 1.00 bits per heavy atom. The van der Waals surface area contributed by atoms with E-state index in [2.05, 4.69) is 52.8 Å². The summed E-state index contributed by atoms with van der Waals surface area (Å²) in [4.78, 5) is 14.6. The van der Waals surface area contributed by atoms with Crippen LogP contribution in [0, 0.1) is 6.92 Å². The van der Waals surface area contributed by atoms with E-state index in [0.29, 0.717) is 13.1 Å². The van der Waals surface area contributed by atoms with Crippen LogP contribution >= 0.6 is 0 Å². The van der Waals surface area contributed by atoms with Gasteiger partial charge in [-0.15, -0.1) is 0 Å². The third-order valence-corrected chi connectivity index (χ3v) is 5.02. The summed E-state index contributed by atoms with van der Waals surface area (Å²) < 4.78 is 0. The number of para-hydroxylation sites is 2. The van der Waals surface area contributed by atoms with Gasteiger partial charge in [0.25, 0.3) is 0 Å². The fourth-order valence-electron chi connectivity index (χ4n) is 3.50. The van der Waals surface area contributed by atoms with Crippen LogP contribution in [-0.4, -0.2) is 32.1 Å². The lowest BCUT2D eigenvalue weighted by molar-refractivity contribution is -0.119. The number of piperidine rings is 1. The summed E-state index contributed by atoms with van der Waals surface area (Å²) in [6, 6.07) is 16.6. The van der Waals surface area contributed by atoms with Crippen molar-refractivity contribution in [3.8, 4) is 0 Å². The molecule has 1 heterocycles. The Labute approximate surface area is 156 Å². The van der Waals surface area contributed by atoms with Crippen LogP contribution in [0.3, 0.4) is 0 Å². The van der Waals surface area contributed by atoms with Crippen molar-refractivity contribution in [2.45, 2.75) is 32.6 Å². The Kier molecular flexibility index (Phi) is 6.53. The van der Waals surface area contributed by atoms with Crippen LogP contribution in [0.25, 0.3) is 0 Å². The molecular formula is C22H29N3O. The second-order valence-corrected chi connectivity index (χ2v) is 6.94. The third kappa shape index (κ3) is 5.01. The van der Waals surface area contributed by atoms with Gasteiger partial charge in [-0.1, -0.05) is 36.4 Å². The monoisotopic (exact) mass is 351 g/mol. The van der Waals surface area contributed by atoms with Gasteiger partial charge in [-0.25, -0.2) is 0 Å². The van der Waals surface area contributed by atoms with Crippen molar-refractivity contribution < 1.29 is 4.79 Å². The first-order valence-electron chi connectivity index (χ1n) is 9.63. The summed E-state index contributed by atoms with van der Waals surface area (Å²) >= 11 is 0. The summed E-state index contributed by atoms with van der Waals surface area (Å²) in [5.41, 5.74) is 4.81. The maximum Gasteiger partial charge on any atom is 0.239 e. The summed E-state index contributed by atoms with van der Waals surface area (Å²) in [5, 5.41) is 6.33. The van der Waals surface area contributed by atoms with Crippen molar-refractivity contribution in [2.75, 3.05) is 36.4 Å². The van der Waals surface area contributed by atoms with E-state index >= 15 is 0 Å². The molecular weight excluding hydrogens is 322 g/mol. The summed E-state index contributed by atoms with van der Waals surface area (Å²) in [7, 11) is 0. The van der Waals surface area contributed by atoms with E-state index in [4.69, 9.17) is 0 Å². The summed E-state index contributed by atoms with van der Waals surface area (Å²) in [6.45, 7) is 5.27. The average Bonchev–Trinajstić information content (AvgIpc) is 2.69. The smallest absolute Gasteiger partial charge is 0.239 e. The number of anilines is 2. The van der Waals surface area contributed by atoms with E-state index in [-0.39, 0.29) is 5.91 Å². The SMILES string of the molecule is Cc1ccccc1CCNC(=O)CNc1ccccc1N1CCCCC1. The highest BCUT2D eigenvalue weighted by Gasteiger charge is 2.14. The number of nitrogens with zero attached hydrogens (tertiary/aromatic N) is 1. The van der Waals surface area contributed by atoms with Crippen LogP contribution in [0.1, 0.15) is 30.4 Å². The van der Waals surface area contributed by atoms with Crippen LogP contribution in [0.4, 0.5) is 11.4 Å². The van der Waals surface area contributed by atoms with E-state index in [9.17, 15) is 4.79 Å². The first-order chi connectivity index (χ1) is 12.7. The molecule has 4 nitrogen and oxygen atoms in total. The predicted molar refractivity (Wildman–Crippen MR) is 109 cm³/mol. The molecule has 138 valence electrons. The van der Waals surface area contributed by atoms with E-state index in [0.717, 1.165) is 25.2 Å². The lowest BCUT2D eigenvalue weighted by Crippen LogP contribution is -2.33. The maximum absolute atomic E-state index is 12.2. The summed E-state index contributed by atoms with van der Waals surface area (Å²) in [6.07, 6.45) is 4.67. The minimum Gasteiger partial charge on any atom is -0.374 e. The third-order valence-electron chi connectivity index (χ3n) is 5.02. The number of aryl methyl sites for hydroxylation is 1. The molecule has 1 amide bonds. The molecule has 0 aliphatic carbocycles. The standard InChI is InChI=1S/C22H29N3O/c1-18-9-3-4-10-19(18)13-14-23-22(26)17-24-20-11-5-6-12-21(20)25-15-7-2-8-16-25/h3-6,9-12,24H,2,7-8,13-17H2,1H3,(H,23,26). The van der Waals surface area contributed by atoms with Crippen LogP contribution in [0.2, 0.25) is 0 Å². The van der Waals surface area contributed by atoms with Gasteiger partial charge in [0, 0.05) is 19.6 Å². The summed E-state index contributed by atoms with van der Waals surface area (Å²) in [5.74, 6) is 0.0343. The fraction of sp³-hybridized carbons (Fsp3) is 0.409. The molecule has 2 N–H and O–H groups in total. The van der Waals surface area contributed by atoms with Gasteiger partial charge >= 0.3 is 0 Å². The molecule has 0 saturated carbocycles. The molecule has 2 aromatic carbocycles. The molecule has 2 aromatic rings. The van der Waals surface area contributed by atoms with Crippen LogP contribution in [0.15, 0.2) is 48.5 Å². The molecule has 0 spiro atoms. The van der Waals surface area contributed by atoms with Gasteiger partial charge in [-0.2, -0.15) is 0 Å². The largest absolute Gasteiger partial charge is 0.374 e. The van der Waals surface area contributed by atoms with E-state index in [1.807, 2.05) is 18.2 Å². The molecule has 4 heteroatoms. The maximum atomic E-state index is 12.2. The van der Waals surface area contributed by atoms with Gasteiger partial charge in [-0.05, 0) is 55.9 Å². The van der Waals surface area contributed by atoms with Crippen molar-refractivity contribution in [3.05, 3.63) is 59.7 Å². The quantitative estimate of drug-likeness (QED) is 0.798. The highest BCUT2D eigenvalue weighted by atomic mass is 16.1. The normalized spacial score (nSPS) is 14.1. The topological polar surface area (TPSA) is 44.4 Å². The number of carbonyl (C=O) groups excluding carboxylic acids is 1. The lowest BCUT2D eigenvalue weighted by Gasteiger charge is -2.30. The Hall–Kier alpha value is -2.49. The molecule has 0 atom stereocenters. The molecule has 0 aromatic heterocycles. The van der Waals surface area contributed by atoms with E-state index in [1.165, 1.54) is 36.1 Å². The second kappa shape index (κ2) is 9.27. The molecule has 1 aliphatic heterocycles. The highest BCUT2D eigenvalue weighted by Crippen LogP contribution is 2.27. The first kappa shape index (κ1) is 18.3. The molecule has 1 fully saturated rings. The molecule has 0 radical (unpaired) electrons.